The summed E-state index contributed by atoms with van der Waals surface area (Å²) in [5, 5.41) is 15.5. The van der Waals surface area contributed by atoms with Crippen LogP contribution in [-0.4, -0.2) is 40.0 Å². The van der Waals surface area contributed by atoms with Gasteiger partial charge in [0.15, 0.2) is 0 Å². The zero-order chi connectivity index (χ0) is 23.0. The number of anilines is 1. The first-order valence-corrected chi connectivity index (χ1v) is 11.2. The van der Waals surface area contributed by atoms with E-state index in [-0.39, 0.29) is 18.2 Å². The molecule has 0 radical (unpaired) electrons. The van der Waals surface area contributed by atoms with E-state index >= 15 is 0 Å². The van der Waals surface area contributed by atoms with Crippen molar-refractivity contribution in [1.82, 2.24) is 15.3 Å². The van der Waals surface area contributed by atoms with Gasteiger partial charge in [0, 0.05) is 25.4 Å². The van der Waals surface area contributed by atoms with Gasteiger partial charge < -0.3 is 20.7 Å². The van der Waals surface area contributed by atoms with E-state index in [0.29, 0.717) is 13.0 Å². The molecule has 1 heterocycles. The zero-order valence-electron chi connectivity index (χ0n) is 18.4. The maximum atomic E-state index is 12.3. The highest BCUT2D eigenvalue weighted by molar-refractivity contribution is 5.77. The lowest BCUT2D eigenvalue weighted by molar-refractivity contribution is -0.137. The number of carboxylic acids is 1. The van der Waals surface area contributed by atoms with Crippen LogP contribution in [0.3, 0.4) is 0 Å². The molecule has 170 valence electrons. The first-order chi connectivity index (χ1) is 16.1. The highest BCUT2D eigenvalue weighted by atomic mass is 16.4. The number of imidazole rings is 1. The highest BCUT2D eigenvalue weighted by Gasteiger charge is 2.18. The Morgan fingerprint density at radius 3 is 2.70 bits per heavy atom. The average molecular weight is 445 g/mol. The summed E-state index contributed by atoms with van der Waals surface area (Å²) in [5.74, 6) is -0.327. The second-order valence-electron chi connectivity index (χ2n) is 8.17. The van der Waals surface area contributed by atoms with Crippen molar-refractivity contribution in [3.63, 3.8) is 0 Å². The van der Waals surface area contributed by atoms with Gasteiger partial charge in [-0.2, -0.15) is 0 Å². The first-order valence-electron chi connectivity index (χ1n) is 11.2. The van der Waals surface area contributed by atoms with E-state index in [0.717, 1.165) is 53.1 Å². The number of nitrogens with one attached hydrogen (secondary N) is 3. The van der Waals surface area contributed by atoms with Crippen LogP contribution in [0.15, 0.2) is 66.3 Å². The molecule has 7 nitrogen and oxygen atoms in total. The van der Waals surface area contributed by atoms with Gasteiger partial charge in [0.05, 0.1) is 17.5 Å². The van der Waals surface area contributed by atoms with Crippen LogP contribution >= 0.6 is 0 Å². The molecule has 1 aromatic heterocycles. The summed E-state index contributed by atoms with van der Waals surface area (Å²) in [5.41, 5.74) is 4.84. The highest BCUT2D eigenvalue weighted by Crippen LogP contribution is 2.30. The van der Waals surface area contributed by atoms with Crippen molar-refractivity contribution < 1.29 is 14.7 Å². The number of carbonyl (C=O) groups excluding carboxylic acids is 1. The van der Waals surface area contributed by atoms with Crippen molar-refractivity contribution >= 4 is 34.9 Å². The molecule has 1 unspecified atom stereocenters. The van der Waals surface area contributed by atoms with E-state index in [9.17, 15) is 14.7 Å². The number of amides is 1. The number of aromatic amines is 1. The molecular formula is C26H28N4O3. The van der Waals surface area contributed by atoms with Crippen LogP contribution < -0.4 is 10.6 Å². The summed E-state index contributed by atoms with van der Waals surface area (Å²) < 4.78 is 0. The number of allylic oxidation sites excluding steroid dienone is 1. The zero-order valence-corrected chi connectivity index (χ0v) is 18.4. The molecule has 0 saturated carbocycles. The number of aliphatic carboxylic acids is 1. The number of aromatic nitrogens is 2. The molecule has 4 N–H and O–H groups in total. The molecule has 2 aromatic carbocycles. The van der Waals surface area contributed by atoms with Gasteiger partial charge in [-0.15, -0.1) is 0 Å². The number of unbranched alkanes of at least 4 members (excludes halogenated alkanes) is 1. The molecule has 33 heavy (non-hydrogen) atoms. The van der Waals surface area contributed by atoms with Crippen LogP contribution in [-0.2, 0) is 9.59 Å². The maximum Gasteiger partial charge on any atom is 0.304 e. The number of carbonyl (C=O) groups is 2. The number of nitrogens with zero attached hydrogens (tertiary/aromatic N) is 1. The van der Waals surface area contributed by atoms with E-state index in [1.165, 1.54) is 0 Å². The van der Waals surface area contributed by atoms with Gasteiger partial charge in [0.2, 0.25) is 11.9 Å². The fraction of sp³-hybridized carbons (Fsp3) is 0.269. The van der Waals surface area contributed by atoms with Gasteiger partial charge in [-0.3, -0.25) is 9.59 Å². The molecular weight excluding hydrogens is 416 g/mol. The average Bonchev–Trinajstić information content (AvgIpc) is 3.14. The van der Waals surface area contributed by atoms with Gasteiger partial charge in [-0.05, 0) is 41.7 Å². The topological polar surface area (TPSA) is 107 Å². The maximum absolute atomic E-state index is 12.3. The molecule has 4 rings (SSSR count). The Morgan fingerprint density at radius 1 is 1.03 bits per heavy atom. The number of para-hydroxylation sites is 2. The van der Waals surface area contributed by atoms with E-state index in [1.54, 1.807) is 0 Å². The standard InChI is InChI=1S/C26H28N4O3/c31-24(11-5-6-14-27-26-29-22-9-3-4-10-23(22)30-26)28-17-18-12-13-19-7-1-2-8-21(19)20(15-18)16-25(32)33/h1-4,7-10,12-13,15,20H,5-6,11,14,16-17H2,(H,28,31)(H,32,33)(H2,27,29,30). The lowest BCUT2D eigenvalue weighted by Crippen LogP contribution is -2.25. The molecule has 0 bridgehead atoms. The number of H-pyrrole nitrogens is 1. The third-order valence-electron chi connectivity index (χ3n) is 5.68. The Morgan fingerprint density at radius 2 is 1.85 bits per heavy atom. The second-order valence-corrected chi connectivity index (χ2v) is 8.17. The van der Waals surface area contributed by atoms with Crippen molar-refractivity contribution in [3.05, 3.63) is 77.4 Å². The van der Waals surface area contributed by atoms with Gasteiger partial charge in [0.25, 0.3) is 0 Å². The third-order valence-corrected chi connectivity index (χ3v) is 5.68. The number of hydrogen-bond donors (Lipinski definition) is 4. The number of hydrogen-bond acceptors (Lipinski definition) is 4. The van der Waals surface area contributed by atoms with E-state index in [1.807, 2.05) is 66.8 Å². The Labute approximate surface area is 192 Å². The molecule has 1 amide bonds. The number of benzene rings is 2. The Balaban J connectivity index is 1.22. The minimum atomic E-state index is -0.840. The molecule has 0 aliphatic heterocycles. The van der Waals surface area contributed by atoms with Crippen LogP contribution in [0.25, 0.3) is 17.1 Å². The van der Waals surface area contributed by atoms with Gasteiger partial charge >= 0.3 is 5.97 Å². The number of rotatable bonds is 10. The van der Waals surface area contributed by atoms with Crippen LogP contribution in [0.2, 0.25) is 0 Å². The lowest BCUT2D eigenvalue weighted by atomic mass is 9.91. The first kappa shape index (κ1) is 22.3. The largest absolute Gasteiger partial charge is 0.481 e. The third kappa shape index (κ3) is 6.10. The Hall–Kier alpha value is -3.87. The van der Waals surface area contributed by atoms with Crippen LogP contribution in [0.5, 0.6) is 0 Å². The SMILES string of the molecule is O=C(O)CC1C=C(CNC(=O)CCCCNc2nc3ccccc3[nH]2)C=Cc2ccccc21. The molecule has 1 aliphatic carbocycles. The molecule has 0 spiro atoms. The van der Waals surface area contributed by atoms with Gasteiger partial charge in [-0.25, -0.2) is 4.98 Å². The normalized spacial score (nSPS) is 14.9. The van der Waals surface area contributed by atoms with Gasteiger partial charge in [-0.1, -0.05) is 54.6 Å². The smallest absolute Gasteiger partial charge is 0.304 e. The Bertz CT molecular complexity index is 1160. The summed E-state index contributed by atoms with van der Waals surface area (Å²) >= 11 is 0. The molecule has 7 heteroatoms. The summed E-state index contributed by atoms with van der Waals surface area (Å²) in [6.07, 6.45) is 7.97. The lowest BCUT2D eigenvalue weighted by Gasteiger charge is -2.13. The van der Waals surface area contributed by atoms with Gasteiger partial charge in [0.1, 0.15) is 0 Å². The van der Waals surface area contributed by atoms with Crippen molar-refractivity contribution in [1.29, 1.82) is 0 Å². The molecule has 1 aliphatic rings. The van der Waals surface area contributed by atoms with Crippen LogP contribution in [0.1, 0.15) is 42.7 Å². The molecule has 0 fully saturated rings. The minimum Gasteiger partial charge on any atom is -0.481 e. The summed E-state index contributed by atoms with van der Waals surface area (Å²) in [4.78, 5) is 31.3. The van der Waals surface area contributed by atoms with E-state index in [4.69, 9.17) is 0 Å². The molecule has 3 aromatic rings. The summed E-state index contributed by atoms with van der Waals surface area (Å²) in [6, 6.07) is 15.7. The fourth-order valence-corrected chi connectivity index (χ4v) is 4.02. The summed E-state index contributed by atoms with van der Waals surface area (Å²) in [6.45, 7) is 1.12. The van der Waals surface area contributed by atoms with Crippen molar-refractivity contribution in [2.75, 3.05) is 18.4 Å². The van der Waals surface area contributed by atoms with Crippen molar-refractivity contribution in [2.45, 2.75) is 31.6 Å². The number of fused-ring (bicyclic) bond motifs is 2. The molecule has 1 atom stereocenters. The predicted molar refractivity (Wildman–Crippen MR) is 130 cm³/mol. The second kappa shape index (κ2) is 10.6. The minimum absolute atomic E-state index is 0.00965. The van der Waals surface area contributed by atoms with Crippen molar-refractivity contribution in [2.24, 2.45) is 0 Å². The quantitative estimate of drug-likeness (QED) is 0.345. The molecule has 0 saturated heterocycles. The van der Waals surface area contributed by atoms with E-state index < -0.39 is 5.97 Å². The van der Waals surface area contributed by atoms with E-state index in [2.05, 4.69) is 20.6 Å². The number of carboxylic acid groups (broad SMARTS) is 1. The van der Waals surface area contributed by atoms with Crippen LogP contribution in [0, 0.1) is 0 Å². The summed E-state index contributed by atoms with van der Waals surface area (Å²) in [7, 11) is 0. The predicted octanol–water partition coefficient (Wildman–Crippen LogP) is 4.47. The van der Waals surface area contributed by atoms with Crippen LogP contribution in [0.4, 0.5) is 5.95 Å². The fourth-order valence-electron chi connectivity index (χ4n) is 4.02. The van der Waals surface area contributed by atoms with Crippen molar-refractivity contribution in [3.8, 4) is 0 Å². The monoisotopic (exact) mass is 444 g/mol. The Kier molecular flexibility index (Phi) is 7.19.